The highest BCUT2D eigenvalue weighted by Crippen LogP contribution is 2.39. The Morgan fingerprint density at radius 2 is 1.55 bits per heavy atom. The van der Waals surface area contributed by atoms with E-state index in [4.69, 9.17) is 0 Å². The van der Waals surface area contributed by atoms with Gasteiger partial charge in [0.25, 0.3) is 0 Å². The Kier molecular flexibility index (Phi) is 3.54. The van der Waals surface area contributed by atoms with Gasteiger partial charge in [-0.3, -0.25) is 9.59 Å². The van der Waals surface area contributed by atoms with Crippen molar-refractivity contribution in [1.29, 1.82) is 0 Å². The van der Waals surface area contributed by atoms with Crippen LogP contribution in [0, 0.1) is 11.8 Å². The fourth-order valence-electron chi connectivity index (χ4n) is 4.06. The van der Waals surface area contributed by atoms with E-state index in [1.54, 1.807) is 0 Å². The lowest BCUT2D eigenvalue weighted by molar-refractivity contribution is -0.153. The topological polar surface area (TPSA) is 77.8 Å². The van der Waals surface area contributed by atoms with Crippen LogP contribution < -0.4 is 0 Å². The van der Waals surface area contributed by atoms with Gasteiger partial charge in [0.2, 0.25) is 5.91 Å². The van der Waals surface area contributed by atoms with E-state index in [-0.39, 0.29) is 24.1 Å². The van der Waals surface area contributed by atoms with Gasteiger partial charge in [0.1, 0.15) is 0 Å². The molecule has 3 aliphatic rings. The number of aliphatic hydroxyl groups is 1. The molecule has 0 aromatic carbocycles. The summed E-state index contributed by atoms with van der Waals surface area (Å²) < 4.78 is 0. The molecule has 2 aliphatic heterocycles. The van der Waals surface area contributed by atoms with E-state index in [1.807, 2.05) is 17.1 Å². The number of aliphatic carboxylic acids is 1. The minimum Gasteiger partial charge on any atom is -0.481 e. The van der Waals surface area contributed by atoms with Crippen molar-refractivity contribution in [3.05, 3.63) is 12.2 Å². The predicted molar refractivity (Wildman–Crippen MR) is 71.9 cm³/mol. The van der Waals surface area contributed by atoms with Crippen molar-refractivity contribution >= 4 is 11.9 Å². The Balaban J connectivity index is 1.78. The molecule has 2 heterocycles. The fourth-order valence-corrected chi connectivity index (χ4v) is 4.06. The normalized spacial score (nSPS) is 39.9. The van der Waals surface area contributed by atoms with Gasteiger partial charge < -0.3 is 15.1 Å². The van der Waals surface area contributed by atoms with Crippen molar-refractivity contribution in [2.45, 2.75) is 56.7 Å². The Hall–Kier alpha value is -1.36. The highest BCUT2D eigenvalue weighted by molar-refractivity contribution is 5.86. The van der Waals surface area contributed by atoms with E-state index < -0.39 is 17.8 Å². The molecule has 4 atom stereocenters. The summed E-state index contributed by atoms with van der Waals surface area (Å²) in [5.41, 5.74) is 0. The van der Waals surface area contributed by atoms with Gasteiger partial charge in [0.05, 0.1) is 17.9 Å². The monoisotopic (exact) mass is 279 g/mol. The molecule has 3 rings (SSSR count). The molecule has 2 bridgehead atoms. The van der Waals surface area contributed by atoms with Crippen LogP contribution in [0.15, 0.2) is 12.2 Å². The van der Waals surface area contributed by atoms with Crippen LogP contribution >= 0.6 is 0 Å². The van der Waals surface area contributed by atoms with Crippen molar-refractivity contribution in [3.63, 3.8) is 0 Å². The van der Waals surface area contributed by atoms with Gasteiger partial charge in [0, 0.05) is 12.1 Å². The second-order valence-electron chi connectivity index (χ2n) is 6.25. The molecule has 0 radical (unpaired) electrons. The van der Waals surface area contributed by atoms with E-state index in [2.05, 4.69) is 0 Å². The molecule has 5 nitrogen and oxygen atoms in total. The van der Waals surface area contributed by atoms with Gasteiger partial charge in [-0.1, -0.05) is 12.2 Å². The maximum absolute atomic E-state index is 12.8. The smallest absolute Gasteiger partial charge is 0.307 e. The number of carbonyl (C=O) groups excluding carboxylic acids is 1. The molecule has 2 N–H and O–H groups in total. The quantitative estimate of drug-likeness (QED) is 0.744. The first-order chi connectivity index (χ1) is 9.58. The molecule has 0 spiro atoms. The van der Waals surface area contributed by atoms with Crippen molar-refractivity contribution in [3.8, 4) is 0 Å². The zero-order chi connectivity index (χ0) is 14.3. The maximum Gasteiger partial charge on any atom is 0.307 e. The molecule has 1 amide bonds. The third kappa shape index (κ3) is 2.24. The number of allylic oxidation sites excluding steroid dienone is 2. The van der Waals surface area contributed by atoms with Crippen LogP contribution in [0.5, 0.6) is 0 Å². The molecule has 0 saturated carbocycles. The number of hydrogen-bond acceptors (Lipinski definition) is 3. The average Bonchev–Trinajstić information content (AvgIpc) is 2.70. The number of fused-ring (bicyclic) bond motifs is 2. The van der Waals surface area contributed by atoms with Crippen LogP contribution in [-0.4, -0.2) is 45.2 Å². The number of hydrogen-bond donors (Lipinski definition) is 2. The predicted octanol–water partition coefficient (Wildman–Crippen LogP) is 1.17. The van der Waals surface area contributed by atoms with E-state index in [1.165, 1.54) is 0 Å². The minimum atomic E-state index is -0.878. The summed E-state index contributed by atoms with van der Waals surface area (Å²) in [5.74, 6) is -1.92. The van der Waals surface area contributed by atoms with Crippen LogP contribution in [0.1, 0.15) is 38.5 Å². The molecule has 110 valence electrons. The van der Waals surface area contributed by atoms with Crippen molar-refractivity contribution in [2.75, 3.05) is 0 Å². The summed E-state index contributed by atoms with van der Waals surface area (Å²) in [6, 6.07) is 0.216. The lowest BCUT2D eigenvalue weighted by Gasteiger charge is -2.40. The van der Waals surface area contributed by atoms with E-state index in [0.717, 1.165) is 12.8 Å². The standard InChI is InChI=1S/C15H21NO4/c17-11-7-9-5-6-10(8-11)16(9)14(18)12-3-1-2-4-13(12)15(19)20/h1-2,9-13,17H,3-8H2,(H,19,20)/t9?,10?,11?,12-,13+/m1/s1. The number of piperidine rings is 1. The van der Waals surface area contributed by atoms with Crippen LogP contribution in [-0.2, 0) is 9.59 Å². The van der Waals surface area contributed by atoms with Crippen LogP contribution in [0.4, 0.5) is 0 Å². The van der Waals surface area contributed by atoms with Crippen LogP contribution in [0.25, 0.3) is 0 Å². The zero-order valence-corrected chi connectivity index (χ0v) is 11.4. The number of rotatable bonds is 2. The Morgan fingerprint density at radius 1 is 1.00 bits per heavy atom. The zero-order valence-electron chi connectivity index (χ0n) is 11.4. The third-order valence-electron chi connectivity index (χ3n) is 5.03. The third-order valence-corrected chi connectivity index (χ3v) is 5.03. The summed E-state index contributed by atoms with van der Waals surface area (Å²) in [6.07, 6.45) is 7.59. The number of carboxylic acid groups (broad SMARTS) is 1. The average molecular weight is 279 g/mol. The number of nitrogens with zero attached hydrogens (tertiary/aromatic N) is 1. The highest BCUT2D eigenvalue weighted by atomic mass is 16.4. The van der Waals surface area contributed by atoms with Gasteiger partial charge in [-0.05, 0) is 38.5 Å². The summed E-state index contributed by atoms with van der Waals surface area (Å²) >= 11 is 0. The first-order valence-corrected chi connectivity index (χ1v) is 7.46. The lowest BCUT2D eigenvalue weighted by Crippen LogP contribution is -2.52. The summed E-state index contributed by atoms with van der Waals surface area (Å²) in [7, 11) is 0. The largest absolute Gasteiger partial charge is 0.481 e. The second-order valence-corrected chi connectivity index (χ2v) is 6.25. The molecule has 2 unspecified atom stereocenters. The van der Waals surface area contributed by atoms with E-state index in [0.29, 0.717) is 25.7 Å². The van der Waals surface area contributed by atoms with E-state index in [9.17, 15) is 19.8 Å². The molecule has 0 aromatic rings. The SMILES string of the molecule is O=C(O)[C@H]1CC=CC[C@H]1C(=O)N1C2CCC1CC(O)C2. The summed E-state index contributed by atoms with van der Waals surface area (Å²) in [6.45, 7) is 0. The van der Waals surface area contributed by atoms with Crippen molar-refractivity contribution < 1.29 is 19.8 Å². The first kappa shape index (κ1) is 13.6. The maximum atomic E-state index is 12.8. The lowest BCUT2D eigenvalue weighted by atomic mass is 9.81. The molecular weight excluding hydrogens is 258 g/mol. The number of carbonyl (C=O) groups is 2. The Morgan fingerprint density at radius 3 is 2.10 bits per heavy atom. The van der Waals surface area contributed by atoms with E-state index >= 15 is 0 Å². The van der Waals surface area contributed by atoms with Crippen LogP contribution in [0.3, 0.4) is 0 Å². The molecule has 20 heavy (non-hydrogen) atoms. The molecule has 1 aliphatic carbocycles. The van der Waals surface area contributed by atoms with Gasteiger partial charge in [-0.15, -0.1) is 0 Å². The molecule has 2 saturated heterocycles. The Bertz CT molecular complexity index is 433. The molecule has 2 fully saturated rings. The second kappa shape index (κ2) is 5.20. The number of amides is 1. The van der Waals surface area contributed by atoms with Gasteiger partial charge in [-0.2, -0.15) is 0 Å². The molecule has 5 heteroatoms. The minimum absolute atomic E-state index is 0.0128. The summed E-state index contributed by atoms with van der Waals surface area (Å²) in [4.78, 5) is 26.0. The highest BCUT2D eigenvalue weighted by Gasteiger charge is 2.46. The number of carboxylic acids is 1. The molecular formula is C15H21NO4. The van der Waals surface area contributed by atoms with Gasteiger partial charge >= 0.3 is 5.97 Å². The van der Waals surface area contributed by atoms with Gasteiger partial charge in [-0.25, -0.2) is 0 Å². The summed E-state index contributed by atoms with van der Waals surface area (Å²) in [5, 5.41) is 19.1. The van der Waals surface area contributed by atoms with Crippen molar-refractivity contribution in [1.82, 2.24) is 4.90 Å². The Labute approximate surface area is 118 Å². The fraction of sp³-hybridized carbons (Fsp3) is 0.733. The van der Waals surface area contributed by atoms with Crippen LogP contribution in [0.2, 0.25) is 0 Å². The first-order valence-electron chi connectivity index (χ1n) is 7.46. The number of aliphatic hydroxyl groups excluding tert-OH is 1. The van der Waals surface area contributed by atoms with Crippen molar-refractivity contribution in [2.24, 2.45) is 11.8 Å². The van der Waals surface area contributed by atoms with Gasteiger partial charge in [0.15, 0.2) is 0 Å². The molecule has 0 aromatic heterocycles.